The Morgan fingerprint density at radius 2 is 1.67 bits per heavy atom. The smallest absolute Gasteiger partial charge is 0.271 e. The van der Waals surface area contributed by atoms with Gasteiger partial charge in [0, 0.05) is 4.47 Å². The topological polar surface area (TPSA) is 38.0 Å². The molecule has 0 amide bonds. The van der Waals surface area contributed by atoms with Crippen molar-refractivity contribution in [1.29, 1.82) is 0 Å². The fraction of sp³-hybridized carbons (Fsp3) is 0.200. The molecule has 0 spiro atoms. The van der Waals surface area contributed by atoms with Crippen LogP contribution in [0.4, 0.5) is 13.2 Å². The molecule has 0 saturated carbocycles. The largest absolute Gasteiger partial charge is 0.416 e. The Morgan fingerprint density at radius 3 is 2.14 bits per heavy atom. The third-order valence-corrected chi connectivity index (χ3v) is 3.59. The lowest BCUT2D eigenvalue weighted by atomic mass is 9.97. The van der Waals surface area contributed by atoms with Crippen molar-refractivity contribution in [2.75, 3.05) is 0 Å². The highest BCUT2D eigenvalue weighted by Gasteiger charge is 2.30. The summed E-state index contributed by atoms with van der Waals surface area (Å²) in [6.07, 6.45) is -4.34. The minimum absolute atomic E-state index is 0.372. The molecule has 1 atom stereocenters. The van der Waals surface area contributed by atoms with Crippen LogP contribution in [-0.2, 0) is 6.18 Å². The molecule has 0 bridgehead atoms. The molecular formula is C15H14BrF3N2. The van der Waals surface area contributed by atoms with E-state index in [9.17, 15) is 13.2 Å². The van der Waals surface area contributed by atoms with Crippen LogP contribution in [-0.4, -0.2) is 0 Å². The van der Waals surface area contributed by atoms with Crippen molar-refractivity contribution in [2.24, 2.45) is 5.84 Å². The Morgan fingerprint density at radius 1 is 1.05 bits per heavy atom. The summed E-state index contributed by atoms with van der Waals surface area (Å²) in [6, 6.07) is 10.4. The van der Waals surface area contributed by atoms with E-state index >= 15 is 0 Å². The Balaban J connectivity index is 2.37. The van der Waals surface area contributed by atoms with E-state index in [-0.39, 0.29) is 6.04 Å². The van der Waals surface area contributed by atoms with Crippen LogP contribution in [0.3, 0.4) is 0 Å². The Kier molecular flexibility index (Phi) is 4.70. The maximum Gasteiger partial charge on any atom is 0.416 e. The van der Waals surface area contributed by atoms with Gasteiger partial charge in [-0.05, 0) is 47.9 Å². The van der Waals surface area contributed by atoms with Crippen molar-refractivity contribution in [2.45, 2.75) is 19.1 Å². The number of hydrogen-bond acceptors (Lipinski definition) is 2. The van der Waals surface area contributed by atoms with Gasteiger partial charge >= 0.3 is 6.18 Å². The third kappa shape index (κ3) is 3.84. The van der Waals surface area contributed by atoms with E-state index in [4.69, 9.17) is 5.84 Å². The Hall–Kier alpha value is -1.37. The summed E-state index contributed by atoms with van der Waals surface area (Å²) in [6.45, 7) is 1.94. The van der Waals surface area contributed by atoms with Gasteiger partial charge < -0.3 is 0 Å². The molecule has 3 N–H and O–H groups in total. The van der Waals surface area contributed by atoms with Crippen LogP contribution < -0.4 is 11.3 Å². The van der Waals surface area contributed by atoms with E-state index in [0.717, 1.165) is 27.7 Å². The second kappa shape index (κ2) is 6.17. The van der Waals surface area contributed by atoms with Gasteiger partial charge in [-0.2, -0.15) is 13.2 Å². The molecule has 2 nitrogen and oxygen atoms in total. The van der Waals surface area contributed by atoms with E-state index in [1.54, 1.807) is 0 Å². The number of hydrazine groups is 1. The normalized spacial score (nSPS) is 13.2. The number of alkyl halides is 3. The molecular weight excluding hydrogens is 345 g/mol. The minimum Gasteiger partial charge on any atom is -0.271 e. The summed E-state index contributed by atoms with van der Waals surface area (Å²) < 4.78 is 38.6. The van der Waals surface area contributed by atoms with Gasteiger partial charge in [0.25, 0.3) is 0 Å². The highest BCUT2D eigenvalue weighted by Crippen LogP contribution is 2.31. The molecule has 0 saturated heterocycles. The minimum atomic E-state index is -4.34. The zero-order valence-corrected chi connectivity index (χ0v) is 12.8. The number of rotatable bonds is 3. The van der Waals surface area contributed by atoms with Crippen LogP contribution in [0, 0.1) is 6.92 Å². The number of aryl methyl sites for hydroxylation is 1. The van der Waals surface area contributed by atoms with Crippen molar-refractivity contribution < 1.29 is 13.2 Å². The molecule has 0 fully saturated rings. The summed E-state index contributed by atoms with van der Waals surface area (Å²) >= 11 is 3.40. The van der Waals surface area contributed by atoms with Gasteiger partial charge in [0.05, 0.1) is 11.6 Å². The summed E-state index contributed by atoms with van der Waals surface area (Å²) in [4.78, 5) is 0. The Bertz CT molecular complexity index is 604. The second-order valence-electron chi connectivity index (χ2n) is 4.78. The van der Waals surface area contributed by atoms with E-state index < -0.39 is 11.7 Å². The number of nitrogens with one attached hydrogen (secondary N) is 1. The molecule has 2 rings (SSSR count). The lowest BCUT2D eigenvalue weighted by Crippen LogP contribution is -2.29. The molecule has 0 heterocycles. The molecule has 0 aliphatic carbocycles. The fourth-order valence-electron chi connectivity index (χ4n) is 2.18. The number of benzene rings is 2. The van der Waals surface area contributed by atoms with Crippen molar-refractivity contribution in [3.05, 3.63) is 69.2 Å². The highest BCUT2D eigenvalue weighted by molar-refractivity contribution is 9.10. The first kappa shape index (κ1) is 16.0. The Labute approximate surface area is 129 Å². The van der Waals surface area contributed by atoms with Crippen molar-refractivity contribution >= 4 is 15.9 Å². The molecule has 112 valence electrons. The fourth-order valence-corrected chi connectivity index (χ4v) is 2.81. The summed E-state index contributed by atoms with van der Waals surface area (Å²) in [5.41, 5.74) is 4.55. The maximum atomic E-state index is 12.6. The van der Waals surface area contributed by atoms with Gasteiger partial charge in [-0.15, -0.1) is 0 Å². The summed E-state index contributed by atoms with van der Waals surface area (Å²) in [5.74, 6) is 5.57. The molecule has 21 heavy (non-hydrogen) atoms. The molecule has 2 aromatic rings. The third-order valence-electron chi connectivity index (χ3n) is 3.14. The highest BCUT2D eigenvalue weighted by atomic mass is 79.9. The number of halogens is 4. The van der Waals surface area contributed by atoms with Crippen molar-refractivity contribution in [1.82, 2.24) is 5.43 Å². The SMILES string of the molecule is Cc1cc(Br)cc(C(NN)c2ccc(C(F)(F)F)cc2)c1. The molecule has 6 heteroatoms. The average Bonchev–Trinajstić information content (AvgIpc) is 2.38. The standard InChI is InChI=1S/C15H14BrF3N2/c1-9-6-11(8-13(16)7-9)14(21-20)10-2-4-12(5-3-10)15(17,18)19/h2-8,14,21H,20H2,1H3. The van der Waals surface area contributed by atoms with Gasteiger partial charge in [0.1, 0.15) is 0 Å². The molecule has 0 aliphatic rings. The molecule has 2 aromatic carbocycles. The van der Waals surface area contributed by atoms with Gasteiger partial charge in [-0.3, -0.25) is 5.84 Å². The number of hydrogen-bond donors (Lipinski definition) is 2. The van der Waals surface area contributed by atoms with Gasteiger partial charge in [0.15, 0.2) is 0 Å². The van der Waals surface area contributed by atoms with Crippen LogP contribution >= 0.6 is 15.9 Å². The van der Waals surface area contributed by atoms with E-state index in [1.807, 2.05) is 25.1 Å². The van der Waals surface area contributed by atoms with Gasteiger partial charge in [-0.1, -0.05) is 34.1 Å². The van der Waals surface area contributed by atoms with Crippen LogP contribution in [0.15, 0.2) is 46.9 Å². The van der Waals surface area contributed by atoms with E-state index in [1.165, 1.54) is 12.1 Å². The van der Waals surface area contributed by atoms with Gasteiger partial charge in [0.2, 0.25) is 0 Å². The molecule has 1 unspecified atom stereocenters. The predicted octanol–water partition coefficient (Wildman–Crippen LogP) is 4.33. The first-order valence-corrected chi connectivity index (χ1v) is 7.01. The monoisotopic (exact) mass is 358 g/mol. The van der Waals surface area contributed by atoms with Gasteiger partial charge in [-0.25, -0.2) is 5.43 Å². The lowest BCUT2D eigenvalue weighted by Gasteiger charge is -2.18. The van der Waals surface area contributed by atoms with E-state index in [0.29, 0.717) is 5.56 Å². The van der Waals surface area contributed by atoms with E-state index in [2.05, 4.69) is 21.4 Å². The first-order chi connectivity index (χ1) is 9.81. The summed E-state index contributed by atoms with van der Waals surface area (Å²) in [7, 11) is 0. The first-order valence-electron chi connectivity index (χ1n) is 6.21. The molecule has 0 aliphatic heterocycles. The second-order valence-corrected chi connectivity index (χ2v) is 5.70. The van der Waals surface area contributed by atoms with Crippen LogP contribution in [0.5, 0.6) is 0 Å². The predicted molar refractivity (Wildman–Crippen MR) is 79.5 cm³/mol. The zero-order valence-electron chi connectivity index (χ0n) is 11.2. The molecule has 0 aromatic heterocycles. The van der Waals surface area contributed by atoms with Crippen molar-refractivity contribution in [3.63, 3.8) is 0 Å². The maximum absolute atomic E-state index is 12.6. The average molecular weight is 359 g/mol. The van der Waals surface area contributed by atoms with Crippen LogP contribution in [0.25, 0.3) is 0 Å². The quantitative estimate of drug-likeness (QED) is 0.633. The lowest BCUT2D eigenvalue weighted by molar-refractivity contribution is -0.137. The van der Waals surface area contributed by atoms with Crippen molar-refractivity contribution in [3.8, 4) is 0 Å². The van der Waals surface area contributed by atoms with Crippen LogP contribution in [0.2, 0.25) is 0 Å². The molecule has 0 radical (unpaired) electrons. The number of nitrogens with two attached hydrogens (primary N) is 1. The summed E-state index contributed by atoms with van der Waals surface area (Å²) in [5, 5.41) is 0. The van der Waals surface area contributed by atoms with Crippen LogP contribution in [0.1, 0.15) is 28.3 Å². The zero-order chi connectivity index (χ0) is 15.6.